The molecule has 0 aliphatic rings. The number of phenolic OH excluding ortho intramolecular Hbond substituents is 1. The fourth-order valence-corrected chi connectivity index (χ4v) is 1.98. The van der Waals surface area contributed by atoms with Crippen LogP contribution in [0.1, 0.15) is 19.8 Å². The molecule has 0 aliphatic heterocycles. The number of phenols is 1. The Kier molecular flexibility index (Phi) is 4.87. The summed E-state index contributed by atoms with van der Waals surface area (Å²) in [6, 6.07) is 4.49. The maximum atomic E-state index is 12.0. The van der Waals surface area contributed by atoms with Crippen molar-refractivity contribution in [2.45, 2.75) is 19.8 Å². The molecule has 5 heteroatoms. The zero-order chi connectivity index (χ0) is 15.2. The van der Waals surface area contributed by atoms with Crippen LogP contribution in [0.3, 0.4) is 0 Å². The minimum atomic E-state index is -0.621. The molecule has 2 aromatic rings. The average molecular weight is 290 g/mol. The van der Waals surface area contributed by atoms with E-state index in [0.717, 1.165) is 6.42 Å². The van der Waals surface area contributed by atoms with Crippen molar-refractivity contribution < 1.29 is 19.0 Å². The predicted molar refractivity (Wildman–Crippen MR) is 80.2 cm³/mol. The van der Waals surface area contributed by atoms with Gasteiger partial charge >= 0.3 is 5.63 Å². The fraction of sp³-hybridized carbons (Fsp3) is 0.312. The van der Waals surface area contributed by atoms with Crippen LogP contribution in [0.25, 0.3) is 11.0 Å². The summed E-state index contributed by atoms with van der Waals surface area (Å²) < 4.78 is 15.9. The third-order valence-electron chi connectivity index (χ3n) is 2.94. The summed E-state index contributed by atoms with van der Waals surface area (Å²) in [6.45, 7) is 2.41. The maximum Gasteiger partial charge on any atom is 0.383 e. The van der Waals surface area contributed by atoms with Gasteiger partial charge in [0.1, 0.15) is 11.3 Å². The number of allylic oxidation sites excluding steroid dienone is 1. The molecule has 1 heterocycles. The first-order valence-electron chi connectivity index (χ1n) is 6.79. The quantitative estimate of drug-likeness (QED) is 0.502. The molecule has 0 saturated heterocycles. The zero-order valence-electron chi connectivity index (χ0n) is 12.1. The second-order valence-electron chi connectivity index (χ2n) is 4.45. The Hall–Kier alpha value is -2.43. The lowest BCUT2D eigenvalue weighted by atomic mass is 10.2. The number of benzene rings is 1. The van der Waals surface area contributed by atoms with Crippen LogP contribution in [0.4, 0.5) is 0 Å². The Bertz CT molecular complexity index is 700. The molecular formula is C16H18O5. The van der Waals surface area contributed by atoms with E-state index in [1.165, 1.54) is 19.2 Å². The summed E-state index contributed by atoms with van der Waals surface area (Å²) in [5.41, 5.74) is -0.362. The van der Waals surface area contributed by atoms with Crippen LogP contribution in [0, 0.1) is 0 Å². The van der Waals surface area contributed by atoms with Crippen molar-refractivity contribution >= 4 is 11.0 Å². The third kappa shape index (κ3) is 3.37. The van der Waals surface area contributed by atoms with Crippen LogP contribution < -0.4 is 15.1 Å². The second kappa shape index (κ2) is 6.83. The SMILES string of the molecule is CCC=CCCOc1c(OC)c2ccc(O)cc2oc1=O. The highest BCUT2D eigenvalue weighted by molar-refractivity contribution is 5.86. The van der Waals surface area contributed by atoms with E-state index >= 15 is 0 Å². The lowest BCUT2D eigenvalue weighted by Gasteiger charge is -2.10. The van der Waals surface area contributed by atoms with Gasteiger partial charge in [0.05, 0.1) is 19.1 Å². The molecule has 2 rings (SSSR count). The third-order valence-corrected chi connectivity index (χ3v) is 2.94. The normalized spacial score (nSPS) is 11.1. The van der Waals surface area contributed by atoms with Crippen LogP contribution in [0.15, 0.2) is 39.6 Å². The molecule has 0 amide bonds. The van der Waals surface area contributed by atoms with Crippen LogP contribution in [0.2, 0.25) is 0 Å². The van der Waals surface area contributed by atoms with Crippen molar-refractivity contribution in [3.05, 3.63) is 40.8 Å². The van der Waals surface area contributed by atoms with Gasteiger partial charge in [-0.2, -0.15) is 0 Å². The lowest BCUT2D eigenvalue weighted by Crippen LogP contribution is -2.10. The Morgan fingerprint density at radius 1 is 1.29 bits per heavy atom. The number of hydrogen-bond acceptors (Lipinski definition) is 5. The van der Waals surface area contributed by atoms with E-state index < -0.39 is 5.63 Å². The van der Waals surface area contributed by atoms with Crippen LogP contribution in [-0.2, 0) is 0 Å². The van der Waals surface area contributed by atoms with Crippen LogP contribution in [0.5, 0.6) is 17.2 Å². The van der Waals surface area contributed by atoms with E-state index in [1.807, 2.05) is 19.1 Å². The monoisotopic (exact) mass is 290 g/mol. The van der Waals surface area contributed by atoms with Crippen molar-refractivity contribution in [1.29, 1.82) is 0 Å². The number of methoxy groups -OCH3 is 1. The van der Waals surface area contributed by atoms with Crippen molar-refractivity contribution in [3.63, 3.8) is 0 Å². The highest BCUT2D eigenvalue weighted by Gasteiger charge is 2.17. The Balaban J connectivity index is 2.34. The molecule has 0 spiro atoms. The smallest absolute Gasteiger partial charge is 0.383 e. The summed E-state index contributed by atoms with van der Waals surface area (Å²) in [4.78, 5) is 12.0. The molecule has 0 radical (unpaired) electrons. The minimum Gasteiger partial charge on any atom is -0.508 e. The highest BCUT2D eigenvalue weighted by atomic mass is 16.5. The molecule has 112 valence electrons. The molecule has 21 heavy (non-hydrogen) atoms. The van der Waals surface area contributed by atoms with E-state index in [0.29, 0.717) is 24.2 Å². The number of hydrogen-bond donors (Lipinski definition) is 1. The van der Waals surface area contributed by atoms with Gasteiger partial charge in [0.2, 0.25) is 5.75 Å². The maximum absolute atomic E-state index is 12.0. The van der Waals surface area contributed by atoms with Gasteiger partial charge in [-0.05, 0) is 25.0 Å². The Morgan fingerprint density at radius 3 is 2.81 bits per heavy atom. The first kappa shape index (κ1) is 15.0. The second-order valence-corrected chi connectivity index (χ2v) is 4.45. The summed E-state index contributed by atoms with van der Waals surface area (Å²) in [6.07, 6.45) is 5.69. The summed E-state index contributed by atoms with van der Waals surface area (Å²) in [7, 11) is 1.46. The summed E-state index contributed by atoms with van der Waals surface area (Å²) in [5, 5.41) is 10.0. The standard InChI is InChI=1S/C16H18O5/c1-3-4-5-6-9-20-15-14(19-2)12-8-7-11(17)10-13(12)21-16(15)18/h4-5,7-8,10,17H,3,6,9H2,1-2H3. The van der Waals surface area contributed by atoms with E-state index in [2.05, 4.69) is 0 Å². The van der Waals surface area contributed by atoms with E-state index in [-0.39, 0.29) is 17.1 Å². The number of ether oxygens (including phenoxy) is 2. The number of rotatable bonds is 6. The van der Waals surface area contributed by atoms with Gasteiger partial charge in [-0.3, -0.25) is 0 Å². The first-order valence-corrected chi connectivity index (χ1v) is 6.79. The topological polar surface area (TPSA) is 68.9 Å². The zero-order valence-corrected chi connectivity index (χ0v) is 12.1. The molecule has 0 atom stereocenters. The predicted octanol–water partition coefficient (Wildman–Crippen LogP) is 3.24. The van der Waals surface area contributed by atoms with Crippen LogP contribution in [-0.4, -0.2) is 18.8 Å². The average Bonchev–Trinajstić information content (AvgIpc) is 2.47. The molecule has 0 bridgehead atoms. The molecule has 1 N–H and O–H groups in total. The highest BCUT2D eigenvalue weighted by Crippen LogP contribution is 2.33. The largest absolute Gasteiger partial charge is 0.508 e. The minimum absolute atomic E-state index is 0.0195. The molecule has 0 unspecified atom stereocenters. The van der Waals surface area contributed by atoms with Crippen molar-refractivity contribution in [3.8, 4) is 17.2 Å². The molecule has 0 saturated carbocycles. The fourth-order valence-electron chi connectivity index (χ4n) is 1.98. The molecule has 5 nitrogen and oxygen atoms in total. The van der Waals surface area contributed by atoms with Gasteiger partial charge in [0.25, 0.3) is 0 Å². The number of fused-ring (bicyclic) bond motifs is 1. The van der Waals surface area contributed by atoms with Gasteiger partial charge in [-0.15, -0.1) is 0 Å². The van der Waals surface area contributed by atoms with Gasteiger partial charge in [-0.25, -0.2) is 4.79 Å². The van der Waals surface area contributed by atoms with Crippen LogP contribution >= 0.6 is 0 Å². The molecule has 1 aromatic heterocycles. The van der Waals surface area contributed by atoms with Gasteiger partial charge in [0, 0.05) is 6.07 Å². The van der Waals surface area contributed by atoms with E-state index in [1.54, 1.807) is 6.07 Å². The van der Waals surface area contributed by atoms with E-state index in [9.17, 15) is 9.90 Å². The molecule has 0 aliphatic carbocycles. The lowest BCUT2D eigenvalue weighted by molar-refractivity contribution is 0.285. The Morgan fingerprint density at radius 2 is 2.10 bits per heavy atom. The van der Waals surface area contributed by atoms with Crippen molar-refractivity contribution in [1.82, 2.24) is 0 Å². The number of aromatic hydroxyl groups is 1. The first-order chi connectivity index (χ1) is 10.2. The molecular weight excluding hydrogens is 272 g/mol. The summed E-state index contributed by atoms with van der Waals surface area (Å²) in [5.74, 6) is 0.396. The van der Waals surface area contributed by atoms with Gasteiger partial charge in [0.15, 0.2) is 5.75 Å². The van der Waals surface area contributed by atoms with Crippen molar-refractivity contribution in [2.24, 2.45) is 0 Å². The van der Waals surface area contributed by atoms with Gasteiger partial charge in [-0.1, -0.05) is 19.1 Å². The Labute approximate surface area is 122 Å². The molecule has 0 fully saturated rings. The summed E-state index contributed by atoms with van der Waals surface area (Å²) >= 11 is 0. The van der Waals surface area contributed by atoms with Gasteiger partial charge < -0.3 is 19.0 Å². The van der Waals surface area contributed by atoms with E-state index in [4.69, 9.17) is 13.9 Å². The molecule has 1 aromatic carbocycles. The van der Waals surface area contributed by atoms with Crippen molar-refractivity contribution in [2.75, 3.05) is 13.7 Å².